The molecule has 4 fully saturated rings. The number of nitrogens with zero attached hydrogens (tertiary/aromatic N) is 1. The van der Waals surface area contributed by atoms with E-state index in [4.69, 9.17) is 47.4 Å². The first-order valence-corrected chi connectivity index (χ1v) is 24.7. The lowest BCUT2D eigenvalue weighted by molar-refractivity contribution is -0.329. The molecular weight excluding hydrogens is 887 g/mol. The molecule has 0 unspecified atom stereocenters. The zero-order chi connectivity index (χ0) is 50.7. The van der Waals surface area contributed by atoms with Gasteiger partial charge in [-0.1, -0.05) is 70.7 Å². The van der Waals surface area contributed by atoms with E-state index in [1.54, 1.807) is 76.4 Å². The van der Waals surface area contributed by atoms with Crippen molar-refractivity contribution in [2.75, 3.05) is 21.2 Å². The summed E-state index contributed by atoms with van der Waals surface area (Å²) in [4.78, 5) is 44.0. The number of carbonyl (C=O) groups is 3. The summed E-state index contributed by atoms with van der Waals surface area (Å²) in [7, 11) is 5.37. The molecule has 0 radical (unpaired) electrons. The third-order valence-corrected chi connectivity index (χ3v) is 14.8. The molecule has 4 aliphatic rings. The van der Waals surface area contributed by atoms with Crippen molar-refractivity contribution < 1.29 is 66.9 Å². The maximum absolute atomic E-state index is 14.8. The van der Waals surface area contributed by atoms with E-state index in [1.807, 2.05) is 86.5 Å². The van der Waals surface area contributed by atoms with E-state index in [9.17, 15) is 19.5 Å². The number of fused-ring (bicyclic) bond motifs is 2. The Labute approximate surface area is 409 Å². The molecule has 4 aliphatic heterocycles. The van der Waals surface area contributed by atoms with Gasteiger partial charge < -0.3 is 57.4 Å². The van der Waals surface area contributed by atoms with E-state index in [0.717, 1.165) is 0 Å². The Morgan fingerprint density at radius 2 is 1.39 bits per heavy atom. The van der Waals surface area contributed by atoms with Crippen molar-refractivity contribution in [3.8, 4) is 0 Å². The van der Waals surface area contributed by atoms with Crippen LogP contribution in [0.3, 0.4) is 0 Å². The molecule has 4 saturated heterocycles. The minimum Gasteiger partial charge on any atom is -0.457 e. The van der Waals surface area contributed by atoms with Crippen LogP contribution in [-0.4, -0.2) is 140 Å². The lowest BCUT2D eigenvalue weighted by atomic mass is 9.74. The lowest BCUT2D eigenvalue weighted by Crippen LogP contribution is -2.62. The van der Waals surface area contributed by atoms with E-state index in [1.165, 1.54) is 0 Å². The van der Waals surface area contributed by atoms with Gasteiger partial charge >= 0.3 is 17.9 Å². The van der Waals surface area contributed by atoms with Gasteiger partial charge in [0.15, 0.2) is 30.6 Å². The van der Waals surface area contributed by atoms with Crippen molar-refractivity contribution in [3.63, 3.8) is 0 Å². The number of methoxy groups -OCH3 is 1. The number of benzene rings is 2. The van der Waals surface area contributed by atoms with Crippen molar-refractivity contribution in [1.29, 1.82) is 0 Å². The fraction of sp³-hybridized carbons (Fsp3) is 0.685. The number of esters is 3. The maximum atomic E-state index is 14.8. The molecule has 2 aromatic carbocycles. The number of rotatable bonds is 11. The average molecular weight is 966 g/mol. The Morgan fingerprint density at radius 1 is 0.797 bits per heavy atom. The van der Waals surface area contributed by atoms with Gasteiger partial charge in [-0.25, -0.2) is 9.59 Å². The van der Waals surface area contributed by atoms with Crippen LogP contribution in [0.1, 0.15) is 123 Å². The standard InChI is InChI=1S/C54H79NO14/c1-16-40-32(4)44-33(5)42(68-52(9,10)69-44)30(2)28-53(11,59)46(67-51-45(39(55(13)14)27-31(3)61-51)65-49(57)37-23-19-17-20-24-37)34(6)43(35(7)48(56)63-40)64-41-29-54(12,60-15)47(36(8)62-41)66-50(58)38-25-21-18-22-26-38/h17-26,30-31,33-36,39-47,51,59H,4,16,27-29H2,1-3,5-15H3/t30-,31-,33+,34+,35-,36+,39+,40-,41+,42+,43+,44+,45-,46-,47+,51+,53+,54-/m1/s1. The van der Waals surface area contributed by atoms with Crippen molar-refractivity contribution in [3.05, 3.63) is 83.9 Å². The first-order valence-electron chi connectivity index (χ1n) is 24.7. The minimum absolute atomic E-state index is 0.0931. The summed E-state index contributed by atoms with van der Waals surface area (Å²) in [6.45, 7) is 25.0. The highest BCUT2D eigenvalue weighted by Gasteiger charge is 2.55. The van der Waals surface area contributed by atoms with E-state index < -0.39 is 108 Å². The van der Waals surface area contributed by atoms with Gasteiger partial charge in [-0.2, -0.15) is 0 Å². The summed E-state index contributed by atoms with van der Waals surface area (Å²) >= 11 is 0. The monoisotopic (exact) mass is 966 g/mol. The number of ether oxygens (including phenoxy) is 10. The molecule has 0 aliphatic carbocycles. The molecule has 0 amide bonds. The molecular formula is C54H79NO14. The smallest absolute Gasteiger partial charge is 0.338 e. The zero-order valence-corrected chi connectivity index (χ0v) is 43.2. The van der Waals surface area contributed by atoms with E-state index in [2.05, 4.69) is 6.58 Å². The quantitative estimate of drug-likeness (QED) is 0.131. The molecule has 384 valence electrons. The molecule has 0 spiro atoms. The SMILES string of the molecule is C=C1[C@@H](CC)OC(=O)[C@H](C)[C@@H](O[C@H]2C[C@@](C)(OC)[C@@H](OC(=O)c3ccccc3)[C@H](C)O2)[C@H](C)[C@@H](O[C@@H]2O[C@H](C)C[C@H](N(C)C)[C@H]2OC(=O)c2ccccc2)[C@@](C)(O)C[C@@H](C)[C@@H]2OC(C)(C)O[C@@H]1[C@H]2C. The summed E-state index contributed by atoms with van der Waals surface area (Å²) in [6.07, 6.45) is -7.73. The van der Waals surface area contributed by atoms with Crippen LogP contribution in [0.15, 0.2) is 72.8 Å². The van der Waals surface area contributed by atoms with Crippen LogP contribution >= 0.6 is 0 Å². The van der Waals surface area contributed by atoms with Crippen molar-refractivity contribution in [2.24, 2.45) is 23.7 Å². The average Bonchev–Trinajstić information content (AvgIpc) is 3.30. The maximum Gasteiger partial charge on any atom is 0.338 e. The molecule has 0 aromatic heterocycles. The van der Waals surface area contributed by atoms with Gasteiger partial charge in [-0.15, -0.1) is 0 Å². The Hall–Kier alpha value is -3.77. The number of hydrogen-bond donors (Lipinski definition) is 1. The van der Waals surface area contributed by atoms with Crippen LogP contribution < -0.4 is 0 Å². The molecule has 15 nitrogen and oxygen atoms in total. The third kappa shape index (κ3) is 12.5. The van der Waals surface area contributed by atoms with Gasteiger partial charge in [0.05, 0.1) is 65.3 Å². The highest BCUT2D eigenvalue weighted by Crippen LogP contribution is 2.45. The summed E-state index contributed by atoms with van der Waals surface area (Å²) in [6, 6.07) is 17.1. The fourth-order valence-electron chi connectivity index (χ4n) is 11.1. The van der Waals surface area contributed by atoms with E-state index >= 15 is 0 Å². The van der Waals surface area contributed by atoms with Crippen molar-refractivity contribution in [2.45, 2.75) is 192 Å². The summed E-state index contributed by atoms with van der Waals surface area (Å²) in [5, 5.41) is 13.2. The molecule has 0 saturated carbocycles. The lowest BCUT2D eigenvalue weighted by Gasteiger charge is -2.51. The van der Waals surface area contributed by atoms with Crippen LogP contribution in [0.4, 0.5) is 0 Å². The second-order valence-electron chi connectivity index (χ2n) is 21.1. The summed E-state index contributed by atoms with van der Waals surface area (Å²) in [5.41, 5.74) is -1.42. The van der Waals surface area contributed by atoms with Gasteiger partial charge in [0.2, 0.25) is 0 Å². The van der Waals surface area contributed by atoms with Crippen LogP contribution in [0.2, 0.25) is 0 Å². The topological polar surface area (TPSA) is 167 Å². The number of carbonyl (C=O) groups excluding carboxylic acids is 3. The fourth-order valence-corrected chi connectivity index (χ4v) is 11.1. The Balaban J connectivity index is 1.43. The summed E-state index contributed by atoms with van der Waals surface area (Å²) < 4.78 is 65.5. The third-order valence-electron chi connectivity index (χ3n) is 14.8. The minimum atomic E-state index is -1.68. The number of cyclic esters (lactones) is 1. The van der Waals surface area contributed by atoms with Gasteiger partial charge in [-0.05, 0) is 118 Å². The molecule has 18 atom stereocenters. The van der Waals surface area contributed by atoms with Crippen LogP contribution in [0.5, 0.6) is 0 Å². The number of hydrogen-bond acceptors (Lipinski definition) is 15. The van der Waals surface area contributed by atoms with Crippen molar-refractivity contribution in [1.82, 2.24) is 4.90 Å². The number of aliphatic hydroxyl groups is 1. The first kappa shape index (κ1) is 54.6. The molecule has 2 aromatic rings. The molecule has 6 rings (SSSR count). The van der Waals surface area contributed by atoms with Crippen molar-refractivity contribution >= 4 is 17.9 Å². The van der Waals surface area contributed by atoms with E-state index in [0.29, 0.717) is 29.5 Å². The predicted octanol–water partition coefficient (Wildman–Crippen LogP) is 7.91. The largest absolute Gasteiger partial charge is 0.457 e. The Kier molecular flexibility index (Phi) is 17.7. The zero-order valence-electron chi connectivity index (χ0n) is 43.2. The van der Waals surface area contributed by atoms with Gasteiger partial charge in [0.25, 0.3) is 0 Å². The summed E-state index contributed by atoms with van der Waals surface area (Å²) in [5.74, 6) is -5.03. The predicted molar refractivity (Wildman–Crippen MR) is 257 cm³/mol. The molecule has 1 N–H and O–H groups in total. The Bertz CT molecular complexity index is 2050. The van der Waals surface area contributed by atoms with Gasteiger partial charge in [0.1, 0.15) is 11.7 Å². The highest BCUT2D eigenvalue weighted by molar-refractivity contribution is 5.90. The highest BCUT2D eigenvalue weighted by atomic mass is 16.7. The Morgan fingerprint density at radius 3 is 1.96 bits per heavy atom. The second kappa shape index (κ2) is 22.3. The first-order chi connectivity index (χ1) is 32.4. The van der Waals surface area contributed by atoms with Crippen LogP contribution in [0.25, 0.3) is 0 Å². The van der Waals surface area contributed by atoms with Gasteiger partial charge in [-0.3, -0.25) is 4.79 Å². The van der Waals surface area contributed by atoms with Gasteiger partial charge in [0, 0.05) is 25.4 Å². The number of likely N-dealkylation sites (N-methyl/N-ethyl adjacent to an activating group) is 1. The molecule has 15 heteroatoms. The van der Waals surface area contributed by atoms with Crippen LogP contribution in [-0.2, 0) is 52.2 Å². The molecule has 4 heterocycles. The molecule has 2 bridgehead atoms. The normalized spacial score (nSPS) is 40.0. The van der Waals surface area contributed by atoms with E-state index in [-0.39, 0.29) is 36.8 Å². The molecule has 69 heavy (non-hydrogen) atoms. The second-order valence-corrected chi connectivity index (χ2v) is 21.1. The van der Waals surface area contributed by atoms with Crippen LogP contribution in [0, 0.1) is 23.7 Å².